The summed E-state index contributed by atoms with van der Waals surface area (Å²) >= 11 is 0. The van der Waals surface area contributed by atoms with Crippen LogP contribution in [0.3, 0.4) is 0 Å². The van der Waals surface area contributed by atoms with Crippen LogP contribution in [0.15, 0.2) is 34.9 Å². The Morgan fingerprint density at radius 2 is 2.00 bits per heavy atom. The standard InChI is InChI=1S/C13H10FN3O/c1-7-11(14)12(15)17-13(16-7)9-6-18-10-5-3-2-4-8(9)10/h2-6H,1H3,(H2,15,16,17). The fourth-order valence-electron chi connectivity index (χ4n) is 1.85. The number of para-hydroxylation sites is 1. The Kier molecular flexibility index (Phi) is 2.26. The van der Waals surface area contributed by atoms with Gasteiger partial charge < -0.3 is 10.2 Å². The lowest BCUT2D eigenvalue weighted by atomic mass is 10.1. The van der Waals surface area contributed by atoms with E-state index in [1.165, 1.54) is 0 Å². The molecule has 2 aromatic heterocycles. The molecule has 0 atom stereocenters. The van der Waals surface area contributed by atoms with Gasteiger partial charge in [-0.25, -0.2) is 14.4 Å². The molecule has 18 heavy (non-hydrogen) atoms. The van der Waals surface area contributed by atoms with Crippen LogP contribution in [0.2, 0.25) is 0 Å². The molecule has 0 aliphatic carbocycles. The quantitative estimate of drug-likeness (QED) is 0.713. The van der Waals surface area contributed by atoms with Gasteiger partial charge in [-0.2, -0.15) is 0 Å². The monoisotopic (exact) mass is 243 g/mol. The number of furan rings is 1. The van der Waals surface area contributed by atoms with Gasteiger partial charge in [0.05, 0.1) is 11.3 Å². The fraction of sp³-hybridized carbons (Fsp3) is 0.0769. The summed E-state index contributed by atoms with van der Waals surface area (Å²) in [5.74, 6) is -0.356. The first kappa shape index (κ1) is 10.7. The van der Waals surface area contributed by atoms with Crippen molar-refractivity contribution >= 4 is 16.8 Å². The van der Waals surface area contributed by atoms with E-state index in [-0.39, 0.29) is 11.5 Å². The smallest absolute Gasteiger partial charge is 0.186 e. The molecular weight excluding hydrogens is 233 g/mol. The highest BCUT2D eigenvalue weighted by atomic mass is 19.1. The van der Waals surface area contributed by atoms with Gasteiger partial charge in [-0.3, -0.25) is 0 Å². The van der Waals surface area contributed by atoms with E-state index in [0.29, 0.717) is 11.4 Å². The van der Waals surface area contributed by atoms with Crippen molar-refractivity contribution in [2.24, 2.45) is 0 Å². The van der Waals surface area contributed by atoms with Crippen molar-refractivity contribution in [3.8, 4) is 11.4 Å². The van der Waals surface area contributed by atoms with E-state index < -0.39 is 5.82 Å². The zero-order chi connectivity index (χ0) is 12.7. The molecule has 0 aliphatic heterocycles. The Labute approximate surface area is 102 Å². The molecule has 2 N–H and O–H groups in total. The molecule has 0 bridgehead atoms. The third-order valence-electron chi connectivity index (χ3n) is 2.76. The van der Waals surface area contributed by atoms with Gasteiger partial charge in [0.25, 0.3) is 0 Å². The molecule has 3 aromatic rings. The summed E-state index contributed by atoms with van der Waals surface area (Å²) in [5, 5.41) is 0.878. The van der Waals surface area contributed by atoms with Crippen molar-refractivity contribution in [1.82, 2.24) is 9.97 Å². The second kappa shape index (κ2) is 3.80. The van der Waals surface area contributed by atoms with Crippen LogP contribution in [0.5, 0.6) is 0 Å². The zero-order valence-corrected chi connectivity index (χ0v) is 9.64. The van der Waals surface area contributed by atoms with Crippen molar-refractivity contribution in [2.75, 3.05) is 5.73 Å². The van der Waals surface area contributed by atoms with E-state index in [4.69, 9.17) is 10.2 Å². The van der Waals surface area contributed by atoms with Crippen LogP contribution < -0.4 is 5.73 Å². The summed E-state index contributed by atoms with van der Waals surface area (Å²) in [5.41, 5.74) is 7.18. The molecule has 0 saturated carbocycles. The van der Waals surface area contributed by atoms with Crippen LogP contribution in [0.4, 0.5) is 10.2 Å². The van der Waals surface area contributed by atoms with Crippen LogP contribution in [-0.2, 0) is 0 Å². The molecule has 1 aromatic carbocycles. The van der Waals surface area contributed by atoms with E-state index >= 15 is 0 Å². The molecule has 0 unspecified atom stereocenters. The van der Waals surface area contributed by atoms with Gasteiger partial charge in [-0.1, -0.05) is 18.2 Å². The molecular formula is C13H10FN3O. The molecule has 0 aliphatic rings. The van der Waals surface area contributed by atoms with Gasteiger partial charge in [0.15, 0.2) is 17.5 Å². The second-order valence-electron chi connectivity index (χ2n) is 3.98. The van der Waals surface area contributed by atoms with Crippen molar-refractivity contribution in [2.45, 2.75) is 6.92 Å². The maximum Gasteiger partial charge on any atom is 0.186 e. The van der Waals surface area contributed by atoms with Gasteiger partial charge in [0.2, 0.25) is 0 Å². The van der Waals surface area contributed by atoms with E-state index in [9.17, 15) is 4.39 Å². The van der Waals surface area contributed by atoms with Crippen molar-refractivity contribution < 1.29 is 8.81 Å². The number of aryl methyl sites for hydroxylation is 1. The van der Waals surface area contributed by atoms with Gasteiger partial charge in [0.1, 0.15) is 11.8 Å². The predicted octanol–water partition coefficient (Wildman–Crippen LogP) is 2.92. The number of nitrogens with two attached hydrogens (primary N) is 1. The molecule has 90 valence electrons. The summed E-state index contributed by atoms with van der Waals surface area (Å²) < 4.78 is 18.8. The Hall–Kier alpha value is -2.43. The molecule has 0 saturated heterocycles. The van der Waals surface area contributed by atoms with Gasteiger partial charge >= 0.3 is 0 Å². The predicted molar refractivity (Wildman–Crippen MR) is 66.3 cm³/mol. The molecule has 0 radical (unpaired) electrons. The largest absolute Gasteiger partial charge is 0.464 e. The summed E-state index contributed by atoms with van der Waals surface area (Å²) in [6, 6.07) is 7.51. The molecule has 0 amide bonds. The highest BCUT2D eigenvalue weighted by molar-refractivity contribution is 5.92. The molecule has 4 nitrogen and oxygen atoms in total. The van der Waals surface area contributed by atoms with Crippen LogP contribution in [0, 0.1) is 12.7 Å². The Bertz CT molecular complexity index is 713. The third kappa shape index (κ3) is 1.52. The minimum absolute atomic E-state index is 0.150. The minimum atomic E-state index is -0.577. The van der Waals surface area contributed by atoms with Crippen molar-refractivity contribution in [3.05, 3.63) is 42.0 Å². The van der Waals surface area contributed by atoms with Crippen LogP contribution in [0.25, 0.3) is 22.4 Å². The average molecular weight is 243 g/mol. The molecule has 2 heterocycles. The maximum atomic E-state index is 13.4. The van der Waals surface area contributed by atoms with Crippen LogP contribution in [0.1, 0.15) is 5.69 Å². The van der Waals surface area contributed by atoms with E-state index in [1.807, 2.05) is 24.3 Å². The lowest BCUT2D eigenvalue weighted by Crippen LogP contribution is -2.02. The highest BCUT2D eigenvalue weighted by Crippen LogP contribution is 2.29. The Morgan fingerprint density at radius 1 is 1.22 bits per heavy atom. The van der Waals surface area contributed by atoms with Crippen molar-refractivity contribution in [1.29, 1.82) is 0 Å². The SMILES string of the molecule is Cc1nc(-c2coc3ccccc23)nc(N)c1F. The maximum absolute atomic E-state index is 13.4. The number of anilines is 1. The molecule has 0 spiro atoms. The summed E-state index contributed by atoms with van der Waals surface area (Å²) in [4.78, 5) is 8.06. The summed E-state index contributed by atoms with van der Waals surface area (Å²) in [6.45, 7) is 1.55. The number of rotatable bonds is 1. The summed E-state index contributed by atoms with van der Waals surface area (Å²) in [6.07, 6.45) is 1.55. The fourth-order valence-corrected chi connectivity index (χ4v) is 1.85. The first-order valence-corrected chi connectivity index (χ1v) is 5.43. The van der Waals surface area contributed by atoms with Gasteiger partial charge in [-0.05, 0) is 13.0 Å². The number of halogens is 1. The summed E-state index contributed by atoms with van der Waals surface area (Å²) in [7, 11) is 0. The first-order chi connectivity index (χ1) is 8.66. The lowest BCUT2D eigenvalue weighted by molar-refractivity contribution is 0.606. The first-order valence-electron chi connectivity index (χ1n) is 5.43. The topological polar surface area (TPSA) is 64.9 Å². The number of benzene rings is 1. The third-order valence-corrected chi connectivity index (χ3v) is 2.76. The normalized spacial score (nSPS) is 11.0. The zero-order valence-electron chi connectivity index (χ0n) is 9.64. The Morgan fingerprint density at radius 3 is 2.78 bits per heavy atom. The highest BCUT2D eigenvalue weighted by Gasteiger charge is 2.14. The van der Waals surface area contributed by atoms with E-state index in [0.717, 1.165) is 11.0 Å². The number of aromatic nitrogens is 2. The van der Waals surface area contributed by atoms with Crippen LogP contribution in [-0.4, -0.2) is 9.97 Å². The lowest BCUT2D eigenvalue weighted by Gasteiger charge is -2.03. The number of nitrogens with zero attached hydrogens (tertiary/aromatic N) is 2. The van der Waals surface area contributed by atoms with Crippen molar-refractivity contribution in [3.63, 3.8) is 0 Å². The molecule has 5 heteroatoms. The number of hydrogen-bond acceptors (Lipinski definition) is 4. The number of hydrogen-bond donors (Lipinski definition) is 1. The average Bonchev–Trinajstić information content (AvgIpc) is 2.79. The van der Waals surface area contributed by atoms with E-state index in [1.54, 1.807) is 13.2 Å². The Balaban J connectivity index is 2.26. The number of nitrogen functional groups attached to an aromatic ring is 1. The van der Waals surface area contributed by atoms with Gasteiger partial charge in [0, 0.05) is 5.39 Å². The van der Waals surface area contributed by atoms with Gasteiger partial charge in [-0.15, -0.1) is 0 Å². The minimum Gasteiger partial charge on any atom is -0.464 e. The molecule has 3 rings (SSSR count). The molecule has 0 fully saturated rings. The second-order valence-corrected chi connectivity index (χ2v) is 3.98. The van der Waals surface area contributed by atoms with Crippen LogP contribution >= 0.6 is 0 Å². The number of fused-ring (bicyclic) bond motifs is 1. The van der Waals surface area contributed by atoms with E-state index in [2.05, 4.69) is 9.97 Å².